The highest BCUT2D eigenvalue weighted by Gasteiger charge is 2.62. The predicted octanol–water partition coefficient (Wildman–Crippen LogP) is 5.84. The number of hydrogen-bond donors (Lipinski definition) is 0. The van der Waals surface area contributed by atoms with Gasteiger partial charge in [0.15, 0.2) is 0 Å². The van der Waals surface area contributed by atoms with Crippen LogP contribution in [0.1, 0.15) is 28.7 Å². The average Bonchev–Trinajstić information content (AvgIpc) is 3.08. The quantitative estimate of drug-likeness (QED) is 0.396. The van der Waals surface area contributed by atoms with Crippen LogP contribution in [-0.4, -0.2) is 25.9 Å². The molecule has 2 radical (unpaired) electrons. The van der Waals surface area contributed by atoms with Gasteiger partial charge in [0.1, 0.15) is 7.85 Å². The molecular weight excluding hydrogens is 475 g/mol. The van der Waals surface area contributed by atoms with E-state index in [1.807, 2.05) is 0 Å². The van der Waals surface area contributed by atoms with E-state index in [2.05, 4.69) is 9.99 Å². The second-order valence-electron chi connectivity index (χ2n) is 7.06. The van der Waals surface area contributed by atoms with Gasteiger partial charge in [0.2, 0.25) is 0 Å². The molecular formula is C19H10BClF9NO. The molecule has 1 atom stereocenters. The molecule has 2 aromatic carbocycles. The number of oxime groups is 1. The lowest BCUT2D eigenvalue weighted by Gasteiger charge is -2.30. The maximum atomic E-state index is 14.0. The van der Waals surface area contributed by atoms with Gasteiger partial charge in [-0.25, -0.2) is 0 Å². The number of rotatable bonds is 3. The monoisotopic (exact) mass is 485 g/mol. The van der Waals surface area contributed by atoms with Gasteiger partial charge in [0.05, 0.1) is 17.7 Å². The molecule has 0 aromatic heterocycles. The second-order valence-corrected chi connectivity index (χ2v) is 7.50. The lowest BCUT2D eigenvalue weighted by molar-refractivity contribution is -0.276. The number of halogens is 10. The molecule has 2 nitrogen and oxygen atoms in total. The van der Waals surface area contributed by atoms with Gasteiger partial charge < -0.3 is 4.84 Å². The van der Waals surface area contributed by atoms with Crippen molar-refractivity contribution in [2.24, 2.45) is 5.16 Å². The number of benzene rings is 2. The Kier molecular flexibility index (Phi) is 5.99. The first-order valence-corrected chi connectivity index (χ1v) is 9.05. The summed E-state index contributed by atoms with van der Waals surface area (Å²) < 4.78 is 120. The Morgan fingerprint density at radius 1 is 0.969 bits per heavy atom. The van der Waals surface area contributed by atoms with Crippen LogP contribution in [0.2, 0.25) is 5.02 Å². The van der Waals surface area contributed by atoms with E-state index >= 15 is 0 Å². The van der Waals surface area contributed by atoms with Crippen LogP contribution in [0.4, 0.5) is 39.5 Å². The SMILES string of the molecule is [B]c1ccc(C2=NOC(c3cc(Cl)cc(C(F)(F)F)c3)(C(F)(F)F)C2)cc1CC(F)(F)F. The first kappa shape index (κ1) is 24.3. The Bertz CT molecular complexity index is 1060. The third-order valence-corrected chi connectivity index (χ3v) is 4.96. The van der Waals surface area contributed by atoms with Gasteiger partial charge in [-0.2, -0.15) is 39.5 Å². The van der Waals surface area contributed by atoms with Crippen molar-refractivity contribution in [2.75, 3.05) is 0 Å². The summed E-state index contributed by atoms with van der Waals surface area (Å²) in [7, 11) is 5.51. The van der Waals surface area contributed by atoms with Crippen molar-refractivity contribution in [3.8, 4) is 0 Å². The fourth-order valence-corrected chi connectivity index (χ4v) is 3.43. The first-order valence-electron chi connectivity index (χ1n) is 8.67. The molecule has 0 aliphatic carbocycles. The van der Waals surface area contributed by atoms with Crippen LogP contribution in [0.15, 0.2) is 41.6 Å². The minimum Gasteiger partial charge on any atom is -0.374 e. The zero-order valence-corrected chi connectivity index (χ0v) is 16.3. The summed E-state index contributed by atoms with van der Waals surface area (Å²) in [4.78, 5) is 4.64. The van der Waals surface area contributed by atoms with Crippen molar-refractivity contribution < 1.29 is 44.4 Å². The molecule has 0 spiro atoms. The number of hydrogen-bond acceptors (Lipinski definition) is 2. The average molecular weight is 486 g/mol. The molecule has 32 heavy (non-hydrogen) atoms. The molecule has 0 saturated heterocycles. The van der Waals surface area contributed by atoms with E-state index in [4.69, 9.17) is 19.4 Å². The molecule has 0 fully saturated rings. The topological polar surface area (TPSA) is 21.6 Å². The third-order valence-electron chi connectivity index (χ3n) is 4.74. The molecule has 1 heterocycles. The molecule has 170 valence electrons. The summed E-state index contributed by atoms with van der Waals surface area (Å²) in [6.45, 7) is 0. The summed E-state index contributed by atoms with van der Waals surface area (Å²) in [6.07, 6.45) is -17.4. The zero-order chi connectivity index (χ0) is 24.1. The van der Waals surface area contributed by atoms with Crippen molar-refractivity contribution in [3.05, 3.63) is 63.7 Å². The standard InChI is InChI=1S/C19H10BClF9NO/c20-14-2-1-9(3-10(14)7-17(22,23)24)15-8-16(32-31-15,19(28,29)30)11-4-12(18(25,26)27)6-13(21)5-11/h1-6H,7-8H2. The summed E-state index contributed by atoms with van der Waals surface area (Å²) in [5.41, 5.74) is -6.91. The maximum absolute atomic E-state index is 14.0. The summed E-state index contributed by atoms with van der Waals surface area (Å²) >= 11 is 5.62. The Morgan fingerprint density at radius 3 is 2.19 bits per heavy atom. The van der Waals surface area contributed by atoms with Gasteiger partial charge in [0, 0.05) is 17.0 Å². The molecule has 0 saturated carbocycles. The Balaban J connectivity index is 2.04. The van der Waals surface area contributed by atoms with Crippen LogP contribution < -0.4 is 5.46 Å². The van der Waals surface area contributed by atoms with E-state index in [-0.39, 0.29) is 17.1 Å². The van der Waals surface area contributed by atoms with E-state index in [0.29, 0.717) is 12.1 Å². The van der Waals surface area contributed by atoms with Crippen LogP contribution in [0.25, 0.3) is 0 Å². The van der Waals surface area contributed by atoms with Gasteiger partial charge >= 0.3 is 18.5 Å². The molecule has 3 rings (SSSR count). The largest absolute Gasteiger partial charge is 0.435 e. The maximum Gasteiger partial charge on any atom is 0.435 e. The minimum atomic E-state index is -5.24. The Morgan fingerprint density at radius 2 is 1.62 bits per heavy atom. The highest BCUT2D eigenvalue weighted by molar-refractivity contribution is 6.33. The van der Waals surface area contributed by atoms with Crippen molar-refractivity contribution in [1.82, 2.24) is 0 Å². The van der Waals surface area contributed by atoms with E-state index in [0.717, 1.165) is 18.2 Å². The summed E-state index contributed by atoms with van der Waals surface area (Å²) in [5, 5.41) is 2.73. The fourth-order valence-electron chi connectivity index (χ4n) is 3.20. The Hall–Kier alpha value is -2.37. The van der Waals surface area contributed by atoms with Gasteiger partial charge in [-0.3, -0.25) is 0 Å². The highest BCUT2D eigenvalue weighted by atomic mass is 35.5. The molecule has 0 bridgehead atoms. The first-order chi connectivity index (χ1) is 14.5. The van der Waals surface area contributed by atoms with Crippen LogP contribution in [0.3, 0.4) is 0 Å². The highest BCUT2D eigenvalue weighted by Crippen LogP contribution is 2.50. The molecule has 1 aliphatic heterocycles. The second kappa shape index (κ2) is 7.89. The molecule has 1 unspecified atom stereocenters. The lowest BCUT2D eigenvalue weighted by atomic mass is 9.83. The summed E-state index contributed by atoms with van der Waals surface area (Å²) in [5.74, 6) is 0. The molecule has 0 amide bonds. The van der Waals surface area contributed by atoms with Gasteiger partial charge in [-0.15, -0.1) is 0 Å². The minimum absolute atomic E-state index is 0.150. The number of nitrogens with zero attached hydrogens (tertiary/aromatic N) is 1. The molecule has 2 aromatic rings. The normalized spacial score (nSPS) is 19.6. The van der Waals surface area contributed by atoms with E-state index < -0.39 is 64.4 Å². The van der Waals surface area contributed by atoms with E-state index in [9.17, 15) is 39.5 Å². The van der Waals surface area contributed by atoms with Gasteiger partial charge in [0.25, 0.3) is 5.60 Å². The van der Waals surface area contributed by atoms with Crippen LogP contribution >= 0.6 is 11.6 Å². The van der Waals surface area contributed by atoms with E-state index in [1.54, 1.807) is 0 Å². The smallest absolute Gasteiger partial charge is 0.374 e. The zero-order valence-electron chi connectivity index (χ0n) is 15.6. The number of alkyl halides is 9. The van der Waals surface area contributed by atoms with Gasteiger partial charge in [-0.05, 0) is 29.3 Å². The summed E-state index contributed by atoms with van der Waals surface area (Å²) in [6, 6.07) is 4.49. The third kappa shape index (κ3) is 4.84. The Labute approximate surface area is 181 Å². The van der Waals surface area contributed by atoms with E-state index in [1.165, 1.54) is 0 Å². The molecule has 1 aliphatic rings. The van der Waals surface area contributed by atoms with Gasteiger partial charge in [-0.1, -0.05) is 40.4 Å². The van der Waals surface area contributed by atoms with Crippen LogP contribution in [0.5, 0.6) is 0 Å². The predicted molar refractivity (Wildman–Crippen MR) is 98.0 cm³/mol. The molecule has 0 N–H and O–H groups in total. The van der Waals surface area contributed by atoms with Crippen molar-refractivity contribution in [2.45, 2.75) is 37.0 Å². The van der Waals surface area contributed by atoms with Crippen LogP contribution in [0, 0.1) is 0 Å². The van der Waals surface area contributed by atoms with Crippen LogP contribution in [-0.2, 0) is 23.0 Å². The molecule has 13 heteroatoms. The lowest BCUT2D eigenvalue weighted by Crippen LogP contribution is -2.43. The van der Waals surface area contributed by atoms with Crippen molar-refractivity contribution >= 4 is 30.6 Å². The van der Waals surface area contributed by atoms with Crippen molar-refractivity contribution in [1.29, 1.82) is 0 Å². The van der Waals surface area contributed by atoms with Crippen molar-refractivity contribution in [3.63, 3.8) is 0 Å². The fraction of sp³-hybridized carbons (Fsp3) is 0.316.